The van der Waals surface area contributed by atoms with Crippen molar-refractivity contribution in [2.45, 2.75) is 0 Å². The molecule has 0 amide bonds. The molecule has 0 fully saturated rings. The Morgan fingerprint density at radius 3 is 2.75 bits per heavy atom. The van der Waals surface area contributed by atoms with Crippen molar-refractivity contribution >= 4 is 28.1 Å². The van der Waals surface area contributed by atoms with Crippen molar-refractivity contribution < 1.29 is 5.11 Å². The number of hydrogen-bond acceptors (Lipinski definition) is 5. The molecule has 0 atom stereocenters. The first kappa shape index (κ1) is 15.9. The van der Waals surface area contributed by atoms with Gasteiger partial charge in [-0.1, -0.05) is 46.3 Å². The molecule has 3 rings (SSSR count). The lowest BCUT2D eigenvalue weighted by atomic mass is 10.1. The Kier molecular flexibility index (Phi) is 4.72. The number of phenolic OH excluding ortho intramolecular Hbond substituents is 1. The number of nitrogens with zero attached hydrogens (tertiary/aromatic N) is 2. The van der Waals surface area contributed by atoms with Crippen LogP contribution in [0, 0.1) is 0 Å². The number of aromatic hydroxyl groups is 1. The number of hydrazone groups is 1. The van der Waals surface area contributed by atoms with Crippen molar-refractivity contribution in [3.63, 3.8) is 0 Å². The number of benzene rings is 2. The van der Waals surface area contributed by atoms with E-state index in [0.29, 0.717) is 11.3 Å². The maximum absolute atomic E-state index is 11.8. The molecule has 3 N–H and O–H groups in total. The smallest absolute Gasteiger partial charge is 0.252 e. The molecule has 0 saturated carbocycles. The van der Waals surface area contributed by atoms with Gasteiger partial charge in [-0.25, -0.2) is 10.4 Å². The van der Waals surface area contributed by atoms with Gasteiger partial charge in [0.15, 0.2) is 0 Å². The van der Waals surface area contributed by atoms with Gasteiger partial charge in [0.1, 0.15) is 5.75 Å². The number of phenols is 1. The summed E-state index contributed by atoms with van der Waals surface area (Å²) in [4.78, 5) is 18.7. The first-order valence-electron chi connectivity index (χ1n) is 7.06. The monoisotopic (exact) mass is 384 g/mol. The van der Waals surface area contributed by atoms with Crippen LogP contribution < -0.4 is 11.0 Å². The van der Waals surface area contributed by atoms with Crippen molar-refractivity contribution in [1.82, 2.24) is 9.97 Å². The molecule has 6 nitrogen and oxygen atoms in total. The molecule has 7 heteroatoms. The van der Waals surface area contributed by atoms with E-state index in [2.05, 4.69) is 36.4 Å². The Balaban J connectivity index is 1.83. The van der Waals surface area contributed by atoms with Crippen LogP contribution >= 0.6 is 15.9 Å². The van der Waals surface area contributed by atoms with Crippen LogP contribution in [0.25, 0.3) is 11.3 Å². The van der Waals surface area contributed by atoms with Crippen molar-refractivity contribution in [2.75, 3.05) is 5.43 Å². The van der Waals surface area contributed by atoms with Gasteiger partial charge >= 0.3 is 0 Å². The number of H-pyrrole nitrogens is 1. The van der Waals surface area contributed by atoms with E-state index in [1.807, 2.05) is 30.3 Å². The van der Waals surface area contributed by atoms with Gasteiger partial charge in [0.2, 0.25) is 5.95 Å². The van der Waals surface area contributed by atoms with Crippen LogP contribution in [0.15, 0.2) is 69.0 Å². The molecule has 120 valence electrons. The van der Waals surface area contributed by atoms with Crippen LogP contribution in [-0.4, -0.2) is 21.3 Å². The van der Waals surface area contributed by atoms with Crippen LogP contribution in [0.3, 0.4) is 0 Å². The molecule has 0 radical (unpaired) electrons. The number of anilines is 1. The first-order valence-corrected chi connectivity index (χ1v) is 7.85. The number of halogens is 1. The number of nitrogens with one attached hydrogen (secondary N) is 2. The molecule has 1 aromatic heterocycles. The molecule has 2 aromatic carbocycles. The SMILES string of the molecule is O=c1cc(-c2ccccc2)nc(N/N=C/c2cc(Br)ccc2O)[nH]1. The Hall–Kier alpha value is -2.93. The fraction of sp³-hybridized carbons (Fsp3) is 0. The minimum Gasteiger partial charge on any atom is -0.507 e. The van der Waals surface area contributed by atoms with Crippen LogP contribution in [0.4, 0.5) is 5.95 Å². The minimum absolute atomic E-state index is 0.100. The van der Waals surface area contributed by atoms with Gasteiger partial charge in [-0.05, 0) is 18.2 Å². The zero-order valence-corrected chi connectivity index (χ0v) is 14.0. The summed E-state index contributed by atoms with van der Waals surface area (Å²) in [5.74, 6) is 0.315. The highest BCUT2D eigenvalue weighted by atomic mass is 79.9. The van der Waals surface area contributed by atoms with E-state index in [9.17, 15) is 9.90 Å². The number of aromatic amines is 1. The van der Waals surface area contributed by atoms with Gasteiger partial charge in [0.05, 0.1) is 11.9 Å². The minimum atomic E-state index is -0.285. The Bertz CT molecular complexity index is 939. The van der Waals surface area contributed by atoms with Crippen molar-refractivity contribution in [3.05, 3.63) is 75.0 Å². The van der Waals surface area contributed by atoms with E-state index >= 15 is 0 Å². The summed E-state index contributed by atoms with van der Waals surface area (Å²) in [6.45, 7) is 0. The standard InChI is InChI=1S/C17H13BrN4O2/c18-13-6-7-15(23)12(8-13)10-19-22-17-20-14(9-16(24)21-17)11-4-2-1-3-5-11/h1-10,23H,(H2,20,21,22,24)/b19-10+. The second-order valence-electron chi connectivity index (χ2n) is 4.92. The summed E-state index contributed by atoms with van der Waals surface area (Å²) in [6.07, 6.45) is 1.44. The molecule has 0 spiro atoms. The average Bonchev–Trinajstić information content (AvgIpc) is 2.58. The lowest BCUT2D eigenvalue weighted by Gasteiger charge is -2.04. The molecule has 0 aliphatic carbocycles. The van der Waals surface area contributed by atoms with E-state index in [4.69, 9.17) is 0 Å². The Morgan fingerprint density at radius 2 is 1.96 bits per heavy atom. The molecule has 0 saturated heterocycles. The van der Waals surface area contributed by atoms with Crippen molar-refractivity contribution in [1.29, 1.82) is 0 Å². The third kappa shape index (κ3) is 3.88. The van der Waals surface area contributed by atoms with Crippen LogP contribution in [0.5, 0.6) is 5.75 Å². The number of rotatable bonds is 4. The van der Waals surface area contributed by atoms with E-state index < -0.39 is 0 Å². The Labute approximate surface area is 146 Å². The van der Waals surface area contributed by atoms with Gasteiger partial charge in [-0.15, -0.1) is 0 Å². The molecule has 3 aromatic rings. The van der Waals surface area contributed by atoms with Crippen molar-refractivity contribution in [2.24, 2.45) is 5.10 Å². The summed E-state index contributed by atoms with van der Waals surface area (Å²) in [5.41, 5.74) is 4.29. The second-order valence-corrected chi connectivity index (χ2v) is 5.83. The van der Waals surface area contributed by atoms with Gasteiger partial charge in [-0.3, -0.25) is 9.78 Å². The zero-order chi connectivity index (χ0) is 16.9. The largest absolute Gasteiger partial charge is 0.507 e. The van der Waals surface area contributed by atoms with E-state index in [-0.39, 0.29) is 17.3 Å². The molecule has 24 heavy (non-hydrogen) atoms. The predicted molar refractivity (Wildman–Crippen MR) is 97.3 cm³/mol. The average molecular weight is 385 g/mol. The fourth-order valence-electron chi connectivity index (χ4n) is 2.06. The lowest BCUT2D eigenvalue weighted by molar-refractivity contribution is 0.474. The highest BCUT2D eigenvalue weighted by Crippen LogP contribution is 2.20. The van der Waals surface area contributed by atoms with E-state index in [0.717, 1.165) is 10.0 Å². The summed E-state index contributed by atoms with van der Waals surface area (Å²) in [5, 5.41) is 13.8. The summed E-state index contributed by atoms with van der Waals surface area (Å²) in [6, 6.07) is 15.8. The molecule has 1 heterocycles. The molecule has 0 unspecified atom stereocenters. The highest BCUT2D eigenvalue weighted by molar-refractivity contribution is 9.10. The van der Waals surface area contributed by atoms with Gasteiger partial charge in [0, 0.05) is 21.7 Å². The summed E-state index contributed by atoms with van der Waals surface area (Å²) in [7, 11) is 0. The lowest BCUT2D eigenvalue weighted by Crippen LogP contribution is -2.10. The molecular formula is C17H13BrN4O2. The third-order valence-electron chi connectivity index (χ3n) is 3.17. The van der Waals surface area contributed by atoms with E-state index in [1.54, 1.807) is 18.2 Å². The van der Waals surface area contributed by atoms with Crippen LogP contribution in [0.2, 0.25) is 0 Å². The Morgan fingerprint density at radius 1 is 1.17 bits per heavy atom. The topological polar surface area (TPSA) is 90.4 Å². The molecule has 0 aliphatic rings. The number of aromatic nitrogens is 2. The maximum atomic E-state index is 11.8. The van der Waals surface area contributed by atoms with Gasteiger partial charge in [-0.2, -0.15) is 5.10 Å². The molecule has 0 bridgehead atoms. The first-order chi connectivity index (χ1) is 11.6. The van der Waals surface area contributed by atoms with E-state index in [1.165, 1.54) is 12.3 Å². The van der Waals surface area contributed by atoms with Gasteiger partial charge < -0.3 is 5.11 Å². The molecule has 0 aliphatic heterocycles. The fourth-order valence-corrected chi connectivity index (χ4v) is 2.44. The van der Waals surface area contributed by atoms with Crippen LogP contribution in [-0.2, 0) is 0 Å². The van der Waals surface area contributed by atoms with Crippen LogP contribution in [0.1, 0.15) is 5.56 Å². The predicted octanol–water partition coefficient (Wildman–Crippen LogP) is 3.35. The summed E-state index contributed by atoms with van der Waals surface area (Å²) < 4.78 is 0.819. The third-order valence-corrected chi connectivity index (χ3v) is 3.67. The number of hydrogen-bond donors (Lipinski definition) is 3. The summed E-state index contributed by atoms with van der Waals surface area (Å²) >= 11 is 3.33. The van der Waals surface area contributed by atoms with Crippen molar-refractivity contribution in [3.8, 4) is 17.0 Å². The quantitative estimate of drug-likeness (QED) is 0.475. The molecular weight excluding hydrogens is 372 g/mol. The zero-order valence-electron chi connectivity index (χ0n) is 12.4. The second kappa shape index (κ2) is 7.10. The normalized spacial score (nSPS) is 10.9. The highest BCUT2D eigenvalue weighted by Gasteiger charge is 2.03. The van der Waals surface area contributed by atoms with Gasteiger partial charge in [0.25, 0.3) is 5.56 Å². The maximum Gasteiger partial charge on any atom is 0.252 e.